The summed E-state index contributed by atoms with van der Waals surface area (Å²) >= 11 is 1.17. The molecule has 1 saturated heterocycles. The van der Waals surface area contributed by atoms with Crippen molar-refractivity contribution in [3.05, 3.63) is 35.5 Å². The van der Waals surface area contributed by atoms with E-state index in [0.29, 0.717) is 18.0 Å². The molecule has 0 aliphatic carbocycles. The number of hydrogen-bond donors (Lipinski definition) is 1. The van der Waals surface area contributed by atoms with Crippen molar-refractivity contribution in [1.82, 2.24) is 24.5 Å². The van der Waals surface area contributed by atoms with E-state index in [0.717, 1.165) is 17.8 Å². The summed E-state index contributed by atoms with van der Waals surface area (Å²) < 4.78 is 22.0. The fourth-order valence-electron chi connectivity index (χ4n) is 3.24. The van der Waals surface area contributed by atoms with Crippen molar-refractivity contribution >= 4 is 28.0 Å². The van der Waals surface area contributed by atoms with Gasteiger partial charge in [-0.15, -0.1) is 10.2 Å². The Morgan fingerprint density at radius 2 is 2.37 bits per heavy atom. The van der Waals surface area contributed by atoms with Crippen LogP contribution in [0.1, 0.15) is 25.1 Å². The molecule has 4 heterocycles. The molecule has 3 aromatic heterocycles. The summed E-state index contributed by atoms with van der Waals surface area (Å²) in [6.45, 7) is 4.60. The molecule has 0 bridgehead atoms. The molecule has 0 unspecified atom stereocenters. The molecule has 3 aromatic rings. The van der Waals surface area contributed by atoms with Crippen molar-refractivity contribution in [2.24, 2.45) is 0 Å². The van der Waals surface area contributed by atoms with Crippen LogP contribution in [0.25, 0.3) is 5.65 Å². The molecule has 0 aromatic carbocycles. The largest absolute Gasteiger partial charge is 0.489 e. The molecule has 8 nitrogen and oxygen atoms in total. The van der Waals surface area contributed by atoms with Gasteiger partial charge in [-0.1, -0.05) is 11.3 Å². The molecule has 1 aliphatic heterocycles. The molecule has 0 spiro atoms. The molecule has 4 rings (SSSR count). The van der Waals surface area contributed by atoms with Crippen LogP contribution in [-0.4, -0.2) is 49.1 Å². The number of anilines is 1. The van der Waals surface area contributed by atoms with Crippen LogP contribution < -0.4 is 10.1 Å². The number of amides is 1. The molecule has 1 fully saturated rings. The smallest absolute Gasteiger partial charge is 0.230 e. The number of halogens is 1. The van der Waals surface area contributed by atoms with Gasteiger partial charge in [0.05, 0.1) is 4.88 Å². The highest BCUT2D eigenvalue weighted by atomic mass is 32.1. The Bertz CT molecular complexity index is 973. The molecule has 1 N–H and O–H groups in total. The number of nitrogens with zero attached hydrogens (tertiary/aromatic N) is 5. The van der Waals surface area contributed by atoms with E-state index in [1.54, 1.807) is 6.33 Å². The standard InChI is InChI=1S/C17H19FN6O2S/c1-10-5-13(26-12-3-4-23-9-19-22-15(23)6-12)7-24(10)8-14-16(18)21-17(27-14)20-11(2)25/h3-4,6,9-10,13H,5,7-8H2,1-2H3,(H,20,21,25)/t10-,13+/m0/s1. The normalized spacial score (nSPS) is 20.3. The number of hydrogen-bond acceptors (Lipinski definition) is 7. The van der Waals surface area contributed by atoms with E-state index < -0.39 is 5.95 Å². The second-order valence-corrected chi connectivity index (χ2v) is 7.71. The lowest BCUT2D eigenvalue weighted by molar-refractivity contribution is -0.114. The summed E-state index contributed by atoms with van der Waals surface area (Å²) in [5, 5.41) is 10.7. The van der Waals surface area contributed by atoms with E-state index in [4.69, 9.17) is 4.74 Å². The number of pyridine rings is 1. The van der Waals surface area contributed by atoms with Gasteiger partial charge >= 0.3 is 0 Å². The van der Waals surface area contributed by atoms with Gasteiger partial charge in [-0.2, -0.15) is 9.37 Å². The first-order chi connectivity index (χ1) is 13.0. The van der Waals surface area contributed by atoms with Gasteiger partial charge in [0.1, 0.15) is 18.2 Å². The molecule has 27 heavy (non-hydrogen) atoms. The summed E-state index contributed by atoms with van der Waals surface area (Å²) in [5.74, 6) is -0.0491. The third-order valence-corrected chi connectivity index (χ3v) is 5.45. The van der Waals surface area contributed by atoms with Gasteiger partial charge in [-0.25, -0.2) is 0 Å². The average Bonchev–Trinajstić information content (AvgIpc) is 3.28. The van der Waals surface area contributed by atoms with Crippen LogP contribution in [0, 0.1) is 5.95 Å². The third kappa shape index (κ3) is 3.91. The minimum absolute atomic E-state index is 0.0103. The molecule has 0 saturated carbocycles. The fourth-order valence-corrected chi connectivity index (χ4v) is 4.15. The zero-order chi connectivity index (χ0) is 19.0. The summed E-state index contributed by atoms with van der Waals surface area (Å²) in [5.41, 5.74) is 0.729. The number of carbonyl (C=O) groups excluding carboxylic acids is 1. The van der Waals surface area contributed by atoms with Gasteiger partial charge in [0.2, 0.25) is 11.9 Å². The van der Waals surface area contributed by atoms with Gasteiger partial charge in [0.15, 0.2) is 10.8 Å². The van der Waals surface area contributed by atoms with Crippen LogP contribution in [0.3, 0.4) is 0 Å². The Morgan fingerprint density at radius 1 is 1.52 bits per heavy atom. The van der Waals surface area contributed by atoms with Crippen molar-refractivity contribution in [2.75, 3.05) is 11.9 Å². The molecule has 2 atom stereocenters. The zero-order valence-electron chi connectivity index (χ0n) is 14.9. The minimum atomic E-state index is -0.530. The Balaban J connectivity index is 1.40. The van der Waals surface area contributed by atoms with E-state index in [2.05, 4.69) is 32.3 Å². The maximum Gasteiger partial charge on any atom is 0.230 e. The lowest BCUT2D eigenvalue weighted by Crippen LogP contribution is -2.28. The lowest BCUT2D eigenvalue weighted by Gasteiger charge is -2.19. The van der Waals surface area contributed by atoms with Crippen molar-refractivity contribution in [1.29, 1.82) is 0 Å². The average molecular weight is 390 g/mol. The predicted molar refractivity (Wildman–Crippen MR) is 98.3 cm³/mol. The maximum absolute atomic E-state index is 14.1. The number of nitrogens with one attached hydrogen (secondary N) is 1. The topological polar surface area (TPSA) is 84.7 Å². The van der Waals surface area contributed by atoms with Gasteiger partial charge in [-0.05, 0) is 13.0 Å². The van der Waals surface area contributed by atoms with E-state index in [1.165, 1.54) is 18.3 Å². The summed E-state index contributed by atoms with van der Waals surface area (Å²) in [4.78, 5) is 17.6. The Labute approximate surface area is 159 Å². The van der Waals surface area contributed by atoms with Crippen LogP contribution >= 0.6 is 11.3 Å². The number of likely N-dealkylation sites (tertiary alicyclic amines) is 1. The van der Waals surface area contributed by atoms with Gasteiger partial charge in [0, 0.05) is 44.7 Å². The van der Waals surface area contributed by atoms with E-state index in [9.17, 15) is 9.18 Å². The molecular weight excluding hydrogens is 371 g/mol. The van der Waals surface area contributed by atoms with Crippen LogP contribution in [0.4, 0.5) is 9.52 Å². The minimum Gasteiger partial charge on any atom is -0.489 e. The fraction of sp³-hybridized carbons (Fsp3) is 0.412. The first-order valence-electron chi connectivity index (χ1n) is 8.61. The summed E-state index contributed by atoms with van der Waals surface area (Å²) in [6.07, 6.45) is 4.35. The highest BCUT2D eigenvalue weighted by Gasteiger charge is 2.31. The second-order valence-electron chi connectivity index (χ2n) is 6.63. The number of aromatic nitrogens is 4. The molecule has 0 radical (unpaired) electrons. The Kier molecular flexibility index (Phi) is 4.75. The van der Waals surface area contributed by atoms with Gasteiger partial charge < -0.3 is 10.1 Å². The van der Waals surface area contributed by atoms with Crippen molar-refractivity contribution in [2.45, 2.75) is 39.0 Å². The zero-order valence-corrected chi connectivity index (χ0v) is 15.7. The predicted octanol–water partition coefficient (Wildman–Crippen LogP) is 2.33. The molecular formula is C17H19FN6O2S. The van der Waals surface area contributed by atoms with Crippen molar-refractivity contribution < 1.29 is 13.9 Å². The Hall–Kier alpha value is -2.59. The third-order valence-electron chi connectivity index (χ3n) is 4.52. The van der Waals surface area contributed by atoms with Gasteiger partial charge in [0.25, 0.3) is 0 Å². The maximum atomic E-state index is 14.1. The molecule has 10 heteroatoms. The van der Waals surface area contributed by atoms with Crippen LogP contribution in [0.15, 0.2) is 24.7 Å². The number of fused-ring (bicyclic) bond motifs is 1. The monoisotopic (exact) mass is 390 g/mol. The van der Waals surface area contributed by atoms with Crippen LogP contribution in [0.5, 0.6) is 5.75 Å². The highest BCUT2D eigenvalue weighted by Crippen LogP contribution is 2.29. The molecule has 1 aliphatic rings. The lowest BCUT2D eigenvalue weighted by atomic mass is 10.2. The number of thiazole rings is 1. The number of rotatable bonds is 5. The number of carbonyl (C=O) groups is 1. The van der Waals surface area contributed by atoms with Crippen molar-refractivity contribution in [3.8, 4) is 5.75 Å². The van der Waals surface area contributed by atoms with Gasteiger partial charge in [-0.3, -0.25) is 14.1 Å². The quantitative estimate of drug-likeness (QED) is 0.720. The summed E-state index contributed by atoms with van der Waals surface area (Å²) in [6, 6.07) is 3.98. The van der Waals surface area contributed by atoms with Crippen molar-refractivity contribution in [3.63, 3.8) is 0 Å². The second kappa shape index (κ2) is 7.20. The Morgan fingerprint density at radius 3 is 3.19 bits per heavy atom. The van der Waals surface area contributed by atoms with E-state index in [-0.39, 0.29) is 23.2 Å². The highest BCUT2D eigenvalue weighted by molar-refractivity contribution is 7.15. The summed E-state index contributed by atoms with van der Waals surface area (Å²) in [7, 11) is 0. The van der Waals surface area contributed by atoms with Crippen LogP contribution in [0.2, 0.25) is 0 Å². The van der Waals surface area contributed by atoms with E-state index >= 15 is 0 Å². The first kappa shape index (κ1) is 17.8. The molecule has 142 valence electrons. The number of ether oxygens (including phenoxy) is 1. The van der Waals surface area contributed by atoms with E-state index in [1.807, 2.05) is 22.7 Å². The first-order valence-corrected chi connectivity index (χ1v) is 9.42. The SMILES string of the molecule is CC(=O)Nc1nc(F)c(CN2C[C@H](Oc3ccn4cnnc4c3)C[C@@H]2C)s1. The van der Waals surface area contributed by atoms with Crippen LogP contribution in [-0.2, 0) is 11.3 Å². The molecule has 1 amide bonds.